The number of hydrogen-bond donors (Lipinski definition) is 2. The first-order valence-corrected chi connectivity index (χ1v) is 5.63. The molecule has 1 rings (SSSR count). The molecule has 0 radical (unpaired) electrons. The van der Waals surface area contributed by atoms with Gasteiger partial charge in [0.25, 0.3) is 0 Å². The molecule has 3 nitrogen and oxygen atoms in total. The molecule has 0 saturated carbocycles. The summed E-state index contributed by atoms with van der Waals surface area (Å²) in [6, 6.07) is 0. The Kier molecular flexibility index (Phi) is 3.93. The van der Waals surface area contributed by atoms with E-state index in [1.54, 1.807) is 0 Å². The van der Waals surface area contributed by atoms with Crippen molar-refractivity contribution >= 4 is 0 Å². The van der Waals surface area contributed by atoms with E-state index < -0.39 is 0 Å². The largest absolute Gasteiger partial charge is 0.374 e. The lowest BCUT2D eigenvalue weighted by Gasteiger charge is -2.33. The van der Waals surface area contributed by atoms with Gasteiger partial charge in [-0.15, -0.1) is 0 Å². The molecule has 1 fully saturated rings. The number of hydrogen-bond acceptors (Lipinski definition) is 3. The summed E-state index contributed by atoms with van der Waals surface area (Å²) in [5, 5.41) is 3.53. The molecule has 1 aliphatic rings. The predicted molar refractivity (Wildman–Crippen MR) is 59.3 cm³/mol. The van der Waals surface area contributed by atoms with Crippen molar-refractivity contribution in [3.8, 4) is 0 Å². The van der Waals surface area contributed by atoms with Crippen LogP contribution in [0.3, 0.4) is 0 Å². The van der Waals surface area contributed by atoms with Gasteiger partial charge in [-0.2, -0.15) is 0 Å². The molecular weight excluding hydrogens is 176 g/mol. The highest BCUT2D eigenvalue weighted by molar-refractivity contribution is 4.89. The molecular formula is C11H24N2O. The highest BCUT2D eigenvalue weighted by atomic mass is 16.5. The summed E-state index contributed by atoms with van der Waals surface area (Å²) < 4.78 is 5.72. The van der Waals surface area contributed by atoms with Gasteiger partial charge in [-0.25, -0.2) is 0 Å². The van der Waals surface area contributed by atoms with Crippen LogP contribution in [0.1, 0.15) is 40.0 Å². The molecule has 3 heteroatoms. The molecule has 1 heterocycles. The molecule has 1 aliphatic heterocycles. The maximum absolute atomic E-state index is 5.74. The molecule has 2 unspecified atom stereocenters. The van der Waals surface area contributed by atoms with Crippen LogP contribution in [-0.2, 0) is 4.74 Å². The third kappa shape index (κ3) is 2.94. The third-order valence-corrected chi connectivity index (χ3v) is 3.42. The first-order chi connectivity index (χ1) is 6.54. The summed E-state index contributed by atoms with van der Waals surface area (Å²) in [7, 11) is 0. The highest BCUT2D eigenvalue weighted by Gasteiger charge is 2.32. The van der Waals surface area contributed by atoms with E-state index in [4.69, 9.17) is 10.5 Å². The fourth-order valence-corrected chi connectivity index (χ4v) is 1.72. The zero-order chi connectivity index (χ0) is 10.7. The summed E-state index contributed by atoms with van der Waals surface area (Å²) in [4.78, 5) is 0. The number of ether oxygens (including phenoxy) is 1. The molecule has 3 N–H and O–H groups in total. The average molecular weight is 200 g/mol. The SMILES string of the molecule is CCC(C)(CN)NCC1(C)CCCO1. The minimum absolute atomic E-state index is 0.0333. The fraction of sp³-hybridized carbons (Fsp3) is 1.00. The maximum Gasteiger partial charge on any atom is 0.0779 e. The van der Waals surface area contributed by atoms with Crippen LogP contribution in [0.15, 0.2) is 0 Å². The maximum atomic E-state index is 5.74. The summed E-state index contributed by atoms with van der Waals surface area (Å²) in [5.74, 6) is 0. The smallest absolute Gasteiger partial charge is 0.0779 e. The van der Waals surface area contributed by atoms with Crippen molar-refractivity contribution in [1.82, 2.24) is 5.32 Å². The Bertz CT molecular complexity index is 168. The van der Waals surface area contributed by atoms with Crippen molar-refractivity contribution < 1.29 is 4.74 Å². The van der Waals surface area contributed by atoms with E-state index in [1.807, 2.05) is 0 Å². The Balaban J connectivity index is 2.38. The van der Waals surface area contributed by atoms with Gasteiger partial charge >= 0.3 is 0 Å². The van der Waals surface area contributed by atoms with Gasteiger partial charge in [0.05, 0.1) is 5.60 Å². The van der Waals surface area contributed by atoms with Crippen molar-refractivity contribution in [2.75, 3.05) is 19.7 Å². The lowest BCUT2D eigenvalue weighted by atomic mass is 9.96. The van der Waals surface area contributed by atoms with Crippen molar-refractivity contribution in [3.63, 3.8) is 0 Å². The molecule has 2 atom stereocenters. The molecule has 0 bridgehead atoms. The molecule has 14 heavy (non-hydrogen) atoms. The van der Waals surface area contributed by atoms with Gasteiger partial charge in [-0.3, -0.25) is 0 Å². The highest BCUT2D eigenvalue weighted by Crippen LogP contribution is 2.24. The third-order valence-electron chi connectivity index (χ3n) is 3.42. The number of nitrogens with two attached hydrogens (primary N) is 1. The van der Waals surface area contributed by atoms with Crippen molar-refractivity contribution in [3.05, 3.63) is 0 Å². The van der Waals surface area contributed by atoms with Crippen LogP contribution in [0.2, 0.25) is 0 Å². The van der Waals surface area contributed by atoms with Gasteiger partial charge in [-0.1, -0.05) is 6.92 Å². The fourth-order valence-electron chi connectivity index (χ4n) is 1.72. The van der Waals surface area contributed by atoms with Crippen LogP contribution >= 0.6 is 0 Å². The van der Waals surface area contributed by atoms with E-state index in [1.165, 1.54) is 6.42 Å². The second kappa shape index (κ2) is 4.60. The second-order valence-electron chi connectivity index (χ2n) is 4.87. The molecule has 0 aromatic heterocycles. The van der Waals surface area contributed by atoms with E-state index in [-0.39, 0.29) is 11.1 Å². The first kappa shape index (κ1) is 12.0. The molecule has 0 aromatic carbocycles. The zero-order valence-electron chi connectivity index (χ0n) is 9.73. The van der Waals surface area contributed by atoms with Crippen LogP contribution in [0.4, 0.5) is 0 Å². The van der Waals surface area contributed by atoms with Crippen LogP contribution in [-0.4, -0.2) is 30.8 Å². The summed E-state index contributed by atoms with van der Waals surface area (Å²) in [5.41, 5.74) is 5.84. The van der Waals surface area contributed by atoms with Gasteiger partial charge in [-0.05, 0) is 33.1 Å². The van der Waals surface area contributed by atoms with E-state index >= 15 is 0 Å². The Morgan fingerprint density at radius 3 is 2.71 bits per heavy atom. The predicted octanol–water partition coefficient (Wildman–Crippen LogP) is 1.27. The Hall–Kier alpha value is -0.120. The van der Waals surface area contributed by atoms with E-state index in [0.29, 0.717) is 6.54 Å². The van der Waals surface area contributed by atoms with Crippen LogP contribution in [0.5, 0.6) is 0 Å². The van der Waals surface area contributed by atoms with Gasteiger partial charge in [0.2, 0.25) is 0 Å². The molecule has 0 spiro atoms. The minimum Gasteiger partial charge on any atom is -0.374 e. The minimum atomic E-state index is 0.0333. The Labute approximate surface area is 87.4 Å². The molecule has 0 amide bonds. The average Bonchev–Trinajstić information content (AvgIpc) is 2.63. The Morgan fingerprint density at radius 2 is 2.29 bits per heavy atom. The normalized spacial score (nSPS) is 31.7. The second-order valence-corrected chi connectivity index (χ2v) is 4.87. The molecule has 0 aromatic rings. The summed E-state index contributed by atoms with van der Waals surface area (Å²) >= 11 is 0. The van der Waals surface area contributed by atoms with Gasteiger partial charge in [0, 0.05) is 25.2 Å². The van der Waals surface area contributed by atoms with Gasteiger partial charge < -0.3 is 15.8 Å². The number of nitrogens with one attached hydrogen (secondary N) is 1. The zero-order valence-corrected chi connectivity index (χ0v) is 9.73. The summed E-state index contributed by atoms with van der Waals surface area (Å²) in [6.45, 7) is 9.01. The van der Waals surface area contributed by atoms with E-state index in [9.17, 15) is 0 Å². The molecule has 1 saturated heterocycles. The van der Waals surface area contributed by atoms with Gasteiger partial charge in [0.1, 0.15) is 0 Å². The molecule has 84 valence electrons. The molecule has 0 aliphatic carbocycles. The summed E-state index contributed by atoms with van der Waals surface area (Å²) in [6.07, 6.45) is 3.40. The topological polar surface area (TPSA) is 47.3 Å². The van der Waals surface area contributed by atoms with E-state index in [2.05, 4.69) is 26.1 Å². The van der Waals surface area contributed by atoms with E-state index in [0.717, 1.165) is 26.0 Å². The van der Waals surface area contributed by atoms with Crippen LogP contribution in [0, 0.1) is 0 Å². The number of rotatable bonds is 5. The van der Waals surface area contributed by atoms with Gasteiger partial charge in [0.15, 0.2) is 0 Å². The lowest BCUT2D eigenvalue weighted by Crippen LogP contribution is -2.53. The quantitative estimate of drug-likeness (QED) is 0.702. The lowest BCUT2D eigenvalue weighted by molar-refractivity contribution is 0.0150. The van der Waals surface area contributed by atoms with Crippen LogP contribution in [0.25, 0.3) is 0 Å². The van der Waals surface area contributed by atoms with Crippen molar-refractivity contribution in [2.24, 2.45) is 5.73 Å². The van der Waals surface area contributed by atoms with Crippen molar-refractivity contribution in [2.45, 2.75) is 51.2 Å². The Morgan fingerprint density at radius 1 is 1.57 bits per heavy atom. The van der Waals surface area contributed by atoms with Crippen molar-refractivity contribution in [1.29, 1.82) is 0 Å². The first-order valence-electron chi connectivity index (χ1n) is 5.63. The standard InChI is InChI=1S/C11H24N2O/c1-4-10(2,8-12)13-9-11(3)6-5-7-14-11/h13H,4-9,12H2,1-3H3. The van der Waals surface area contributed by atoms with Crippen LogP contribution < -0.4 is 11.1 Å². The monoisotopic (exact) mass is 200 g/mol.